The number of aromatic nitrogens is 2. The van der Waals surface area contributed by atoms with Crippen molar-refractivity contribution in [2.75, 3.05) is 5.88 Å². The predicted molar refractivity (Wildman–Crippen MR) is 63.0 cm³/mol. The maximum atomic E-state index is 11.9. The second-order valence-electron chi connectivity index (χ2n) is 3.96. The molecule has 0 aliphatic carbocycles. The fourth-order valence-corrected chi connectivity index (χ4v) is 3.02. The SMILES string of the molecule is Cc1ncc(S(=O)(=O)NC(CCl)C(C)C)[nH]1. The summed E-state index contributed by atoms with van der Waals surface area (Å²) in [7, 11) is -3.55. The number of aryl methyl sites for hydroxylation is 1. The Bertz CT molecular complexity index is 441. The Morgan fingerprint density at radius 1 is 1.56 bits per heavy atom. The van der Waals surface area contributed by atoms with Crippen LogP contribution >= 0.6 is 11.6 Å². The minimum absolute atomic E-state index is 0.0702. The van der Waals surface area contributed by atoms with Crippen LogP contribution in [0.5, 0.6) is 0 Å². The van der Waals surface area contributed by atoms with E-state index in [9.17, 15) is 8.42 Å². The van der Waals surface area contributed by atoms with E-state index in [1.165, 1.54) is 6.20 Å². The summed E-state index contributed by atoms with van der Waals surface area (Å²) in [4.78, 5) is 6.53. The van der Waals surface area contributed by atoms with Crippen LogP contribution < -0.4 is 4.72 Å². The molecule has 16 heavy (non-hydrogen) atoms. The van der Waals surface area contributed by atoms with E-state index in [1.807, 2.05) is 13.8 Å². The first kappa shape index (κ1) is 13.5. The number of halogens is 1. The van der Waals surface area contributed by atoms with E-state index in [4.69, 9.17) is 11.6 Å². The summed E-state index contributed by atoms with van der Waals surface area (Å²) in [5.41, 5.74) is 0. The van der Waals surface area contributed by atoms with Gasteiger partial charge in [0.1, 0.15) is 5.82 Å². The summed E-state index contributed by atoms with van der Waals surface area (Å²) >= 11 is 5.71. The third kappa shape index (κ3) is 3.20. The van der Waals surface area contributed by atoms with Gasteiger partial charge in [-0.3, -0.25) is 0 Å². The van der Waals surface area contributed by atoms with Gasteiger partial charge >= 0.3 is 0 Å². The molecule has 1 unspecified atom stereocenters. The van der Waals surface area contributed by atoms with Crippen molar-refractivity contribution in [3.05, 3.63) is 12.0 Å². The van der Waals surface area contributed by atoms with Crippen LogP contribution in [0.2, 0.25) is 0 Å². The predicted octanol–water partition coefficient (Wildman–Crippen LogP) is 1.26. The number of nitrogens with zero attached hydrogens (tertiary/aromatic N) is 1. The number of hydrogen-bond acceptors (Lipinski definition) is 3. The Kier molecular flexibility index (Phi) is 4.35. The van der Waals surface area contributed by atoms with Gasteiger partial charge in [0.2, 0.25) is 0 Å². The number of nitrogens with one attached hydrogen (secondary N) is 2. The second-order valence-corrected chi connectivity index (χ2v) is 5.95. The Hall–Kier alpha value is -0.590. The van der Waals surface area contributed by atoms with Crippen molar-refractivity contribution >= 4 is 21.6 Å². The number of hydrogen-bond donors (Lipinski definition) is 2. The van der Waals surface area contributed by atoms with Gasteiger partial charge in [-0.15, -0.1) is 11.6 Å². The molecule has 0 fully saturated rings. The van der Waals surface area contributed by atoms with Crippen molar-refractivity contribution in [2.45, 2.75) is 31.8 Å². The number of rotatable bonds is 5. The Morgan fingerprint density at radius 3 is 2.56 bits per heavy atom. The quantitative estimate of drug-likeness (QED) is 0.787. The highest BCUT2D eigenvalue weighted by molar-refractivity contribution is 7.89. The van der Waals surface area contributed by atoms with Crippen molar-refractivity contribution < 1.29 is 8.42 Å². The standard InChI is InChI=1S/C9H16ClN3O2S/c1-6(2)8(4-10)13-16(14,15)9-5-11-7(3)12-9/h5-6,8,13H,4H2,1-3H3,(H,11,12). The van der Waals surface area contributed by atoms with Crippen LogP contribution in [0.1, 0.15) is 19.7 Å². The Morgan fingerprint density at radius 2 is 2.19 bits per heavy atom. The molecule has 1 atom stereocenters. The van der Waals surface area contributed by atoms with Gasteiger partial charge in [0.25, 0.3) is 10.0 Å². The maximum Gasteiger partial charge on any atom is 0.257 e. The molecular formula is C9H16ClN3O2S. The molecule has 2 N–H and O–H groups in total. The third-order valence-corrected chi connectivity index (χ3v) is 3.98. The summed E-state index contributed by atoms with van der Waals surface area (Å²) in [6.45, 7) is 5.52. The average molecular weight is 266 g/mol. The Labute approximate surface area is 101 Å². The first-order chi connectivity index (χ1) is 7.36. The van der Waals surface area contributed by atoms with Gasteiger partial charge in [0.15, 0.2) is 5.03 Å². The molecule has 0 radical (unpaired) electrons. The monoisotopic (exact) mass is 265 g/mol. The largest absolute Gasteiger partial charge is 0.332 e. The molecule has 0 saturated carbocycles. The van der Waals surface area contributed by atoms with Crippen molar-refractivity contribution in [3.8, 4) is 0 Å². The van der Waals surface area contributed by atoms with Crippen molar-refractivity contribution in [3.63, 3.8) is 0 Å². The molecular weight excluding hydrogens is 250 g/mol. The molecule has 1 aromatic heterocycles. The van der Waals surface area contributed by atoms with E-state index in [0.29, 0.717) is 5.82 Å². The molecule has 0 aliphatic rings. The van der Waals surface area contributed by atoms with Crippen molar-refractivity contribution in [1.29, 1.82) is 0 Å². The van der Waals surface area contributed by atoms with Crippen molar-refractivity contribution in [2.24, 2.45) is 5.92 Å². The highest BCUT2D eigenvalue weighted by Gasteiger charge is 2.23. The number of imidazole rings is 1. The fraction of sp³-hybridized carbons (Fsp3) is 0.667. The minimum atomic E-state index is -3.55. The molecule has 1 rings (SSSR count). The van der Waals surface area contributed by atoms with E-state index in [1.54, 1.807) is 6.92 Å². The molecule has 0 spiro atoms. The van der Waals surface area contributed by atoms with Crippen LogP contribution in [0.4, 0.5) is 0 Å². The van der Waals surface area contributed by atoms with Gasteiger partial charge in [-0.25, -0.2) is 18.1 Å². The zero-order chi connectivity index (χ0) is 12.3. The zero-order valence-corrected chi connectivity index (χ0v) is 11.1. The van der Waals surface area contributed by atoms with Gasteiger partial charge in [0, 0.05) is 11.9 Å². The number of alkyl halides is 1. The first-order valence-electron chi connectivity index (χ1n) is 4.96. The van der Waals surface area contributed by atoms with Crippen LogP contribution in [-0.2, 0) is 10.0 Å². The lowest BCUT2D eigenvalue weighted by molar-refractivity contribution is 0.479. The highest BCUT2D eigenvalue weighted by Crippen LogP contribution is 2.10. The summed E-state index contributed by atoms with van der Waals surface area (Å²) in [5, 5.41) is 0.0702. The number of aromatic amines is 1. The molecule has 1 aromatic rings. The topological polar surface area (TPSA) is 74.8 Å². The second kappa shape index (κ2) is 5.16. The molecule has 0 bridgehead atoms. The van der Waals surface area contributed by atoms with E-state index in [0.717, 1.165) is 0 Å². The lowest BCUT2D eigenvalue weighted by atomic mass is 10.1. The lowest BCUT2D eigenvalue weighted by Crippen LogP contribution is -2.39. The molecule has 5 nitrogen and oxygen atoms in total. The van der Waals surface area contributed by atoms with E-state index >= 15 is 0 Å². The van der Waals surface area contributed by atoms with Crippen LogP contribution in [0.25, 0.3) is 0 Å². The molecule has 0 amide bonds. The summed E-state index contributed by atoms with van der Waals surface area (Å²) in [6.07, 6.45) is 1.29. The van der Waals surface area contributed by atoms with Crippen LogP contribution in [-0.4, -0.2) is 30.3 Å². The summed E-state index contributed by atoms with van der Waals surface area (Å²) < 4.78 is 26.3. The summed E-state index contributed by atoms with van der Waals surface area (Å²) in [5.74, 6) is 0.938. The average Bonchev–Trinajstić information content (AvgIpc) is 2.61. The molecule has 0 saturated heterocycles. The highest BCUT2D eigenvalue weighted by atomic mass is 35.5. The first-order valence-corrected chi connectivity index (χ1v) is 6.98. The maximum absolute atomic E-state index is 11.9. The molecule has 1 heterocycles. The molecule has 7 heteroatoms. The van der Waals surface area contributed by atoms with Gasteiger partial charge < -0.3 is 4.98 Å². The Balaban J connectivity index is 2.87. The zero-order valence-electron chi connectivity index (χ0n) is 9.49. The van der Waals surface area contributed by atoms with Gasteiger partial charge in [-0.1, -0.05) is 13.8 Å². The van der Waals surface area contributed by atoms with Crippen LogP contribution in [0.3, 0.4) is 0 Å². The van der Waals surface area contributed by atoms with E-state index in [2.05, 4.69) is 14.7 Å². The lowest BCUT2D eigenvalue weighted by Gasteiger charge is -2.18. The molecule has 0 aliphatic heterocycles. The van der Waals surface area contributed by atoms with Gasteiger partial charge in [-0.05, 0) is 12.8 Å². The normalized spacial score (nSPS) is 14.3. The van der Waals surface area contributed by atoms with Crippen LogP contribution in [0.15, 0.2) is 11.2 Å². The van der Waals surface area contributed by atoms with Gasteiger partial charge in [-0.2, -0.15) is 0 Å². The third-order valence-electron chi connectivity index (χ3n) is 2.25. The van der Waals surface area contributed by atoms with E-state index in [-0.39, 0.29) is 22.9 Å². The van der Waals surface area contributed by atoms with Gasteiger partial charge in [0.05, 0.1) is 6.20 Å². The fourth-order valence-electron chi connectivity index (χ4n) is 1.14. The number of sulfonamides is 1. The van der Waals surface area contributed by atoms with Crippen molar-refractivity contribution in [1.82, 2.24) is 14.7 Å². The minimum Gasteiger partial charge on any atom is -0.332 e. The van der Waals surface area contributed by atoms with Crippen LogP contribution in [0, 0.1) is 12.8 Å². The smallest absolute Gasteiger partial charge is 0.257 e. The molecule has 0 aromatic carbocycles. The summed E-state index contributed by atoms with van der Waals surface area (Å²) in [6, 6.07) is -0.282. The number of H-pyrrole nitrogens is 1. The van der Waals surface area contributed by atoms with E-state index < -0.39 is 10.0 Å². The molecule has 92 valence electrons.